The molecule has 156 valence electrons. The number of carbonyl (C=O) groups excluding carboxylic acids is 1. The third-order valence-electron chi connectivity index (χ3n) is 5.10. The lowest BCUT2D eigenvalue weighted by atomic mass is 10.1. The van der Waals surface area contributed by atoms with Crippen molar-refractivity contribution in [3.05, 3.63) is 47.5 Å². The number of rotatable bonds is 7. The predicted molar refractivity (Wildman–Crippen MR) is 111 cm³/mol. The molecule has 1 aliphatic rings. The Kier molecular flexibility index (Phi) is 6.14. The Morgan fingerprint density at radius 1 is 1.17 bits per heavy atom. The van der Waals surface area contributed by atoms with Crippen molar-refractivity contribution in [2.24, 2.45) is 0 Å². The summed E-state index contributed by atoms with van der Waals surface area (Å²) in [5.41, 5.74) is 2.33. The van der Waals surface area contributed by atoms with Gasteiger partial charge >= 0.3 is 0 Å². The van der Waals surface area contributed by atoms with Crippen LogP contribution in [0.5, 0.6) is 11.5 Å². The minimum Gasteiger partial charge on any atom is -0.497 e. The van der Waals surface area contributed by atoms with Gasteiger partial charge in [-0.15, -0.1) is 0 Å². The number of ether oxygens (including phenoxy) is 2. The summed E-state index contributed by atoms with van der Waals surface area (Å²) in [6, 6.07) is 9.62. The lowest BCUT2D eigenvalue weighted by molar-refractivity contribution is -0.118. The topological polar surface area (TPSA) is 84.9 Å². The first-order valence-electron chi connectivity index (χ1n) is 9.48. The van der Waals surface area contributed by atoms with Crippen LogP contribution in [0.25, 0.3) is 0 Å². The summed E-state index contributed by atoms with van der Waals surface area (Å²) in [4.78, 5) is 13.9. The minimum absolute atomic E-state index is 0.0382. The van der Waals surface area contributed by atoms with Crippen LogP contribution in [0, 0.1) is 0 Å². The summed E-state index contributed by atoms with van der Waals surface area (Å²) in [5, 5.41) is 0. The van der Waals surface area contributed by atoms with E-state index in [1.807, 2.05) is 6.92 Å². The van der Waals surface area contributed by atoms with E-state index in [1.54, 1.807) is 49.3 Å². The molecule has 0 aromatic heterocycles. The van der Waals surface area contributed by atoms with E-state index in [0.29, 0.717) is 36.4 Å². The average molecular weight is 419 g/mol. The second kappa shape index (κ2) is 8.42. The van der Waals surface area contributed by atoms with Crippen molar-refractivity contribution in [3.8, 4) is 11.5 Å². The van der Waals surface area contributed by atoms with Gasteiger partial charge in [0, 0.05) is 30.3 Å². The highest BCUT2D eigenvalue weighted by Gasteiger charge is 2.27. The van der Waals surface area contributed by atoms with E-state index in [9.17, 15) is 13.2 Å². The zero-order valence-electron chi connectivity index (χ0n) is 17.1. The van der Waals surface area contributed by atoms with Crippen LogP contribution < -0.4 is 19.1 Å². The molecule has 0 radical (unpaired) electrons. The Bertz CT molecular complexity index is 1020. The molecule has 0 bridgehead atoms. The quantitative estimate of drug-likeness (QED) is 0.747. The average Bonchev–Trinajstić information content (AvgIpc) is 3.15. The lowest BCUT2D eigenvalue weighted by Crippen LogP contribution is -2.28. The van der Waals surface area contributed by atoms with E-state index in [1.165, 1.54) is 13.2 Å². The van der Waals surface area contributed by atoms with Crippen molar-refractivity contribution in [1.29, 1.82) is 0 Å². The van der Waals surface area contributed by atoms with E-state index < -0.39 is 16.1 Å². The number of hydrogen-bond donors (Lipinski definition) is 1. The molecule has 0 saturated carbocycles. The molecule has 1 N–H and O–H groups in total. The van der Waals surface area contributed by atoms with Gasteiger partial charge in [-0.1, -0.05) is 6.92 Å². The number of nitrogens with zero attached hydrogens (tertiary/aromatic N) is 1. The zero-order valence-corrected chi connectivity index (χ0v) is 17.9. The molecule has 0 saturated heterocycles. The number of benzene rings is 2. The van der Waals surface area contributed by atoms with Gasteiger partial charge in [0.15, 0.2) is 0 Å². The summed E-state index contributed by atoms with van der Waals surface area (Å²) in [7, 11) is -0.676. The number of anilines is 1. The van der Waals surface area contributed by atoms with Crippen molar-refractivity contribution in [1.82, 2.24) is 4.72 Å². The van der Waals surface area contributed by atoms with Gasteiger partial charge in [0.05, 0.1) is 19.1 Å². The minimum atomic E-state index is -3.77. The van der Waals surface area contributed by atoms with Gasteiger partial charge in [0.2, 0.25) is 15.9 Å². The van der Waals surface area contributed by atoms with Gasteiger partial charge in [0.25, 0.3) is 0 Å². The number of carbonyl (C=O) groups is 1. The molecule has 1 amide bonds. The van der Waals surface area contributed by atoms with Crippen LogP contribution >= 0.6 is 0 Å². The van der Waals surface area contributed by atoms with E-state index in [0.717, 1.165) is 11.3 Å². The summed E-state index contributed by atoms with van der Waals surface area (Å²) < 4.78 is 39.3. The van der Waals surface area contributed by atoms with Gasteiger partial charge < -0.3 is 14.4 Å². The molecule has 2 aromatic carbocycles. The van der Waals surface area contributed by atoms with Crippen molar-refractivity contribution in [2.75, 3.05) is 25.7 Å². The van der Waals surface area contributed by atoms with Crippen LogP contribution in [-0.4, -0.2) is 35.1 Å². The molecule has 1 atom stereocenters. The standard InChI is InChI=1S/C21H26N2O5S/c1-5-21(24)23-11-10-15-12-17(7-8-19(15)23)29(25,26)22-14(2)18-13-16(27-3)6-9-20(18)28-4/h6-9,12-14,22H,5,10-11H2,1-4H3/t14-/m1/s1. The van der Waals surface area contributed by atoms with E-state index >= 15 is 0 Å². The zero-order chi connectivity index (χ0) is 21.2. The fourth-order valence-corrected chi connectivity index (χ4v) is 4.81. The molecule has 0 fully saturated rings. The Labute approximate surface area is 171 Å². The van der Waals surface area contributed by atoms with Crippen LogP contribution in [0.1, 0.15) is 37.4 Å². The van der Waals surface area contributed by atoms with Crippen molar-refractivity contribution in [2.45, 2.75) is 37.6 Å². The second-order valence-electron chi connectivity index (χ2n) is 6.89. The summed E-state index contributed by atoms with van der Waals surface area (Å²) in [6.45, 7) is 4.15. The fourth-order valence-electron chi connectivity index (χ4n) is 3.54. The number of fused-ring (bicyclic) bond motifs is 1. The first-order chi connectivity index (χ1) is 13.8. The molecule has 1 aliphatic heterocycles. The third kappa shape index (κ3) is 4.23. The monoisotopic (exact) mass is 418 g/mol. The van der Waals surface area contributed by atoms with E-state index in [4.69, 9.17) is 9.47 Å². The Balaban J connectivity index is 1.86. The molecule has 1 heterocycles. The van der Waals surface area contributed by atoms with Crippen molar-refractivity contribution >= 4 is 21.6 Å². The molecular formula is C21H26N2O5S. The normalized spacial score (nSPS) is 14.4. The van der Waals surface area contributed by atoms with Gasteiger partial charge in [-0.3, -0.25) is 4.79 Å². The molecule has 7 nitrogen and oxygen atoms in total. The van der Waals surface area contributed by atoms with Gasteiger partial charge in [-0.2, -0.15) is 0 Å². The Hall–Kier alpha value is -2.58. The Morgan fingerprint density at radius 2 is 1.93 bits per heavy atom. The van der Waals surface area contributed by atoms with Crippen molar-refractivity contribution < 1.29 is 22.7 Å². The van der Waals surface area contributed by atoms with Gasteiger partial charge in [-0.05, 0) is 55.3 Å². The molecule has 0 aliphatic carbocycles. The maximum atomic E-state index is 13.0. The maximum absolute atomic E-state index is 13.0. The molecule has 8 heteroatoms. The third-order valence-corrected chi connectivity index (χ3v) is 6.63. The molecule has 29 heavy (non-hydrogen) atoms. The van der Waals surface area contributed by atoms with Gasteiger partial charge in [0.1, 0.15) is 11.5 Å². The highest BCUT2D eigenvalue weighted by atomic mass is 32.2. The first kappa shape index (κ1) is 21.1. The smallest absolute Gasteiger partial charge is 0.241 e. The summed E-state index contributed by atoms with van der Waals surface area (Å²) in [6.07, 6.45) is 1.06. The Morgan fingerprint density at radius 3 is 2.59 bits per heavy atom. The largest absolute Gasteiger partial charge is 0.497 e. The number of methoxy groups -OCH3 is 2. The molecule has 3 rings (SSSR count). The SMILES string of the molecule is CCC(=O)N1CCc2cc(S(=O)(=O)N[C@H](C)c3cc(OC)ccc3OC)ccc21. The lowest BCUT2D eigenvalue weighted by Gasteiger charge is -2.19. The number of sulfonamides is 1. The molecule has 2 aromatic rings. The summed E-state index contributed by atoms with van der Waals surface area (Å²) in [5.74, 6) is 1.23. The van der Waals surface area contributed by atoms with Crippen LogP contribution in [0.3, 0.4) is 0 Å². The van der Waals surface area contributed by atoms with Crippen LogP contribution in [-0.2, 0) is 21.2 Å². The molecule has 0 unspecified atom stereocenters. The van der Waals surface area contributed by atoms with Crippen LogP contribution in [0.2, 0.25) is 0 Å². The number of nitrogens with one attached hydrogen (secondary N) is 1. The van der Waals surface area contributed by atoms with Crippen LogP contribution in [0.15, 0.2) is 41.3 Å². The molecule has 0 spiro atoms. The predicted octanol–water partition coefficient (Wildman–Crippen LogP) is 3.04. The van der Waals surface area contributed by atoms with Crippen LogP contribution in [0.4, 0.5) is 5.69 Å². The van der Waals surface area contributed by atoms with E-state index in [-0.39, 0.29) is 10.8 Å². The van der Waals surface area contributed by atoms with Gasteiger partial charge in [-0.25, -0.2) is 13.1 Å². The number of hydrogen-bond acceptors (Lipinski definition) is 5. The number of amides is 1. The van der Waals surface area contributed by atoms with E-state index in [2.05, 4.69) is 4.72 Å². The first-order valence-corrected chi connectivity index (χ1v) is 11.0. The fraction of sp³-hybridized carbons (Fsp3) is 0.381. The maximum Gasteiger partial charge on any atom is 0.241 e. The summed E-state index contributed by atoms with van der Waals surface area (Å²) >= 11 is 0. The second-order valence-corrected chi connectivity index (χ2v) is 8.60. The highest BCUT2D eigenvalue weighted by Crippen LogP contribution is 2.33. The molecular weight excluding hydrogens is 392 g/mol. The van der Waals surface area contributed by atoms with Crippen molar-refractivity contribution in [3.63, 3.8) is 0 Å². The highest BCUT2D eigenvalue weighted by molar-refractivity contribution is 7.89.